The second-order valence-corrected chi connectivity index (χ2v) is 4.36. The molecule has 0 aromatic heterocycles. The third-order valence-electron chi connectivity index (χ3n) is 3.16. The van der Waals surface area contributed by atoms with E-state index in [0.717, 1.165) is 25.3 Å². The van der Waals surface area contributed by atoms with Crippen molar-refractivity contribution in [3.63, 3.8) is 0 Å². The minimum Gasteiger partial charge on any atom is -0.399 e. The molecule has 1 saturated heterocycles. The van der Waals surface area contributed by atoms with Gasteiger partial charge in [0.1, 0.15) is 0 Å². The molecule has 0 aliphatic carbocycles. The van der Waals surface area contributed by atoms with E-state index in [0.29, 0.717) is 11.8 Å². The molecule has 0 spiro atoms. The maximum atomic E-state index is 5.79. The van der Waals surface area contributed by atoms with E-state index in [1.54, 1.807) is 0 Å². The second-order valence-electron chi connectivity index (χ2n) is 4.36. The van der Waals surface area contributed by atoms with Gasteiger partial charge in [-0.05, 0) is 49.0 Å². The Balaban J connectivity index is 2.09. The fourth-order valence-electron chi connectivity index (χ4n) is 2.28. The lowest BCUT2D eigenvalue weighted by molar-refractivity contribution is 0.348. The van der Waals surface area contributed by atoms with E-state index in [1.807, 2.05) is 12.1 Å². The highest BCUT2D eigenvalue weighted by molar-refractivity contribution is 5.42. The summed E-state index contributed by atoms with van der Waals surface area (Å²) in [6, 6.07) is 8.18. The largest absolute Gasteiger partial charge is 0.399 e. The van der Waals surface area contributed by atoms with Crippen LogP contribution in [0.2, 0.25) is 0 Å². The number of hydrogen-bond donors (Lipinski definition) is 3. The summed E-state index contributed by atoms with van der Waals surface area (Å²) in [5.41, 5.74) is 13.7. The molecular weight excluding hydrogens is 186 g/mol. The van der Waals surface area contributed by atoms with E-state index in [1.165, 1.54) is 12.0 Å². The average molecular weight is 205 g/mol. The molecule has 82 valence electrons. The molecule has 1 aliphatic heterocycles. The summed E-state index contributed by atoms with van der Waals surface area (Å²) < 4.78 is 0. The van der Waals surface area contributed by atoms with Gasteiger partial charge in [-0.1, -0.05) is 12.1 Å². The zero-order valence-corrected chi connectivity index (χ0v) is 8.95. The molecular formula is C12H19N3. The molecule has 2 rings (SSSR count). The van der Waals surface area contributed by atoms with Gasteiger partial charge in [0, 0.05) is 12.2 Å². The van der Waals surface area contributed by atoms with Crippen LogP contribution >= 0.6 is 0 Å². The van der Waals surface area contributed by atoms with Crippen molar-refractivity contribution in [3.8, 4) is 0 Å². The summed E-state index contributed by atoms with van der Waals surface area (Å²) in [5, 5.41) is 3.43. The zero-order valence-electron chi connectivity index (χ0n) is 8.95. The Kier molecular flexibility index (Phi) is 3.23. The van der Waals surface area contributed by atoms with Gasteiger partial charge in [-0.15, -0.1) is 0 Å². The molecule has 1 fully saturated rings. The van der Waals surface area contributed by atoms with E-state index in [4.69, 9.17) is 11.5 Å². The third-order valence-corrected chi connectivity index (χ3v) is 3.16. The number of piperidine rings is 1. The van der Waals surface area contributed by atoms with Gasteiger partial charge in [0.05, 0.1) is 0 Å². The number of anilines is 1. The molecule has 0 radical (unpaired) electrons. The molecule has 15 heavy (non-hydrogen) atoms. The number of nitrogens with two attached hydrogens (primary N) is 2. The minimum absolute atomic E-state index is 0.566. The van der Waals surface area contributed by atoms with E-state index >= 15 is 0 Å². The number of nitrogen functional groups attached to an aromatic ring is 1. The fraction of sp³-hybridized carbons (Fsp3) is 0.500. The maximum Gasteiger partial charge on any atom is 0.0316 e. The lowest BCUT2D eigenvalue weighted by atomic mass is 9.85. The number of benzene rings is 1. The van der Waals surface area contributed by atoms with E-state index in [-0.39, 0.29) is 0 Å². The van der Waals surface area contributed by atoms with Crippen LogP contribution in [0.4, 0.5) is 5.69 Å². The molecule has 1 aromatic rings. The normalized spacial score (nSPS) is 26.5. The average Bonchev–Trinajstić information content (AvgIpc) is 2.29. The molecule has 1 aliphatic rings. The summed E-state index contributed by atoms with van der Waals surface area (Å²) in [4.78, 5) is 0. The number of nitrogens with one attached hydrogen (secondary N) is 1. The van der Waals surface area contributed by atoms with E-state index in [9.17, 15) is 0 Å². The van der Waals surface area contributed by atoms with Crippen molar-refractivity contribution >= 4 is 5.69 Å². The highest BCUT2D eigenvalue weighted by Gasteiger charge is 2.21. The maximum absolute atomic E-state index is 5.79. The lowest BCUT2D eigenvalue weighted by Crippen LogP contribution is -2.38. The van der Waals surface area contributed by atoms with Crippen LogP contribution in [0.1, 0.15) is 17.9 Å². The van der Waals surface area contributed by atoms with Crippen LogP contribution < -0.4 is 16.8 Å². The van der Waals surface area contributed by atoms with Crippen molar-refractivity contribution in [1.29, 1.82) is 0 Å². The summed E-state index contributed by atoms with van der Waals surface area (Å²) in [6.07, 6.45) is 1.17. The lowest BCUT2D eigenvalue weighted by Gasteiger charge is -2.29. The Morgan fingerprint density at radius 1 is 1.33 bits per heavy atom. The first kappa shape index (κ1) is 10.5. The van der Waals surface area contributed by atoms with Crippen LogP contribution in [0.15, 0.2) is 24.3 Å². The Morgan fingerprint density at radius 3 is 2.93 bits per heavy atom. The van der Waals surface area contributed by atoms with Gasteiger partial charge in [0.25, 0.3) is 0 Å². The predicted molar refractivity (Wildman–Crippen MR) is 63.6 cm³/mol. The van der Waals surface area contributed by atoms with Gasteiger partial charge >= 0.3 is 0 Å². The van der Waals surface area contributed by atoms with Gasteiger partial charge in [-0.3, -0.25) is 0 Å². The summed E-state index contributed by atoms with van der Waals surface area (Å²) in [7, 11) is 0. The molecule has 0 saturated carbocycles. The zero-order chi connectivity index (χ0) is 10.7. The van der Waals surface area contributed by atoms with Crippen molar-refractivity contribution in [2.24, 2.45) is 11.7 Å². The van der Waals surface area contributed by atoms with Crippen LogP contribution in [0.3, 0.4) is 0 Å². The van der Waals surface area contributed by atoms with Crippen LogP contribution in [-0.2, 0) is 0 Å². The molecule has 5 N–H and O–H groups in total. The summed E-state index contributed by atoms with van der Waals surface area (Å²) >= 11 is 0. The summed E-state index contributed by atoms with van der Waals surface area (Å²) in [6.45, 7) is 2.86. The van der Waals surface area contributed by atoms with Crippen molar-refractivity contribution < 1.29 is 0 Å². The highest BCUT2D eigenvalue weighted by atomic mass is 14.9. The van der Waals surface area contributed by atoms with Crippen LogP contribution in [0, 0.1) is 5.92 Å². The van der Waals surface area contributed by atoms with Gasteiger partial charge in [0.15, 0.2) is 0 Å². The quantitative estimate of drug-likeness (QED) is 0.629. The number of rotatable bonds is 2. The van der Waals surface area contributed by atoms with Crippen LogP contribution in [-0.4, -0.2) is 19.6 Å². The van der Waals surface area contributed by atoms with Gasteiger partial charge in [-0.25, -0.2) is 0 Å². The van der Waals surface area contributed by atoms with Crippen molar-refractivity contribution in [2.45, 2.75) is 12.3 Å². The Hall–Kier alpha value is -1.06. The second kappa shape index (κ2) is 4.64. The predicted octanol–water partition coefficient (Wildman–Crippen LogP) is 0.921. The first-order chi connectivity index (χ1) is 7.29. The minimum atomic E-state index is 0.566. The first-order valence-electron chi connectivity index (χ1n) is 5.56. The van der Waals surface area contributed by atoms with Crippen LogP contribution in [0.25, 0.3) is 0 Å². The standard InChI is InChI=1S/C12H19N3/c13-6-9-4-11(8-15-7-9)10-2-1-3-12(14)5-10/h1-3,5,9,11,15H,4,6-8,13-14H2. The Morgan fingerprint density at radius 2 is 2.20 bits per heavy atom. The van der Waals surface area contributed by atoms with E-state index < -0.39 is 0 Å². The molecule has 2 unspecified atom stereocenters. The molecule has 2 atom stereocenters. The molecule has 0 bridgehead atoms. The third kappa shape index (κ3) is 2.49. The van der Waals surface area contributed by atoms with Gasteiger partial charge in [0.2, 0.25) is 0 Å². The fourth-order valence-corrected chi connectivity index (χ4v) is 2.28. The summed E-state index contributed by atoms with van der Waals surface area (Å²) in [5.74, 6) is 1.17. The molecule has 3 heteroatoms. The topological polar surface area (TPSA) is 64.1 Å². The molecule has 1 heterocycles. The molecule has 0 amide bonds. The Labute approximate surface area is 90.8 Å². The SMILES string of the molecule is NCC1CNCC(c2cccc(N)c2)C1. The monoisotopic (exact) mass is 205 g/mol. The smallest absolute Gasteiger partial charge is 0.0316 e. The number of hydrogen-bond acceptors (Lipinski definition) is 3. The Bertz CT molecular complexity index is 324. The first-order valence-corrected chi connectivity index (χ1v) is 5.56. The van der Waals surface area contributed by atoms with Crippen molar-refractivity contribution in [2.75, 3.05) is 25.4 Å². The van der Waals surface area contributed by atoms with Gasteiger partial charge in [-0.2, -0.15) is 0 Å². The van der Waals surface area contributed by atoms with Crippen molar-refractivity contribution in [3.05, 3.63) is 29.8 Å². The van der Waals surface area contributed by atoms with E-state index in [2.05, 4.69) is 17.4 Å². The van der Waals surface area contributed by atoms with Crippen molar-refractivity contribution in [1.82, 2.24) is 5.32 Å². The van der Waals surface area contributed by atoms with Crippen LogP contribution in [0.5, 0.6) is 0 Å². The highest BCUT2D eigenvalue weighted by Crippen LogP contribution is 2.26. The van der Waals surface area contributed by atoms with Gasteiger partial charge < -0.3 is 16.8 Å². The molecule has 3 nitrogen and oxygen atoms in total. The molecule has 1 aromatic carbocycles.